The van der Waals surface area contributed by atoms with Gasteiger partial charge in [-0.15, -0.1) is 0 Å². The van der Waals surface area contributed by atoms with Gasteiger partial charge in [-0.2, -0.15) is 0 Å². The van der Waals surface area contributed by atoms with E-state index in [2.05, 4.69) is 16.9 Å². The van der Waals surface area contributed by atoms with Crippen LogP contribution in [0.5, 0.6) is 5.75 Å². The van der Waals surface area contributed by atoms with Crippen molar-refractivity contribution in [2.24, 2.45) is 5.92 Å². The molecule has 3 amide bonds. The van der Waals surface area contributed by atoms with Crippen LogP contribution in [0.25, 0.3) is 0 Å². The lowest BCUT2D eigenvalue weighted by Crippen LogP contribution is -2.43. The highest BCUT2D eigenvalue weighted by Crippen LogP contribution is 2.37. The highest BCUT2D eigenvalue weighted by molar-refractivity contribution is 8.01. The number of ether oxygens (including phenoxy) is 1. The lowest BCUT2D eigenvalue weighted by atomic mass is 10.1. The van der Waals surface area contributed by atoms with Gasteiger partial charge in [-0.3, -0.25) is 14.4 Å². The molecule has 1 saturated heterocycles. The van der Waals surface area contributed by atoms with Gasteiger partial charge in [0.05, 0.1) is 23.1 Å². The molecule has 2 aliphatic rings. The Bertz CT molecular complexity index is 1100. The zero-order chi connectivity index (χ0) is 24.2. The molecule has 0 bridgehead atoms. The van der Waals surface area contributed by atoms with Crippen LogP contribution >= 0.6 is 23.1 Å². The third-order valence-electron chi connectivity index (χ3n) is 5.87. The Hall–Kier alpha value is -2.85. The second-order valence-electron chi connectivity index (χ2n) is 8.40. The lowest BCUT2D eigenvalue weighted by Gasteiger charge is -2.28. The highest BCUT2D eigenvalue weighted by Gasteiger charge is 2.30. The largest absolute Gasteiger partial charge is 0.496 e. The van der Waals surface area contributed by atoms with Gasteiger partial charge in [-0.05, 0) is 50.5 Å². The lowest BCUT2D eigenvalue weighted by molar-refractivity contribution is -0.127. The molecule has 2 fully saturated rings. The summed E-state index contributed by atoms with van der Waals surface area (Å²) in [4.78, 5) is 46.3. The first-order chi connectivity index (χ1) is 16.4. The van der Waals surface area contributed by atoms with Crippen molar-refractivity contribution < 1.29 is 19.1 Å². The topological polar surface area (TPSA) is 91.8 Å². The maximum absolute atomic E-state index is 13.5. The number of carbonyl (C=O) groups is 3. The number of nitrogens with zero attached hydrogens (tertiary/aromatic N) is 3. The second-order valence-corrected chi connectivity index (χ2v) is 10.8. The molecule has 2 aromatic rings. The Kier molecular flexibility index (Phi) is 7.57. The summed E-state index contributed by atoms with van der Waals surface area (Å²) in [5, 5.41) is 3.45. The summed E-state index contributed by atoms with van der Waals surface area (Å²) < 4.78 is 6.40. The van der Waals surface area contributed by atoms with Crippen LogP contribution in [0.2, 0.25) is 0 Å². The van der Waals surface area contributed by atoms with E-state index in [0.717, 1.165) is 21.9 Å². The smallest absolute Gasteiger partial charge is 0.257 e. The fraction of sp³-hybridized carbons (Fsp3) is 0.417. The average Bonchev–Trinajstić information content (AvgIpc) is 3.63. The minimum atomic E-state index is -0.124. The molecular formula is C24H28N4O4S2. The molecule has 1 aliphatic carbocycles. The van der Waals surface area contributed by atoms with Crippen LogP contribution in [0.3, 0.4) is 0 Å². The molecule has 0 spiro atoms. The first kappa shape index (κ1) is 24.3. The number of methoxy groups -OCH3 is 1. The Morgan fingerprint density at radius 1 is 1.29 bits per heavy atom. The third kappa shape index (κ3) is 5.61. The van der Waals surface area contributed by atoms with Gasteiger partial charge in [0.15, 0.2) is 5.13 Å². The maximum atomic E-state index is 13.5. The van der Waals surface area contributed by atoms with E-state index in [1.165, 1.54) is 29.2 Å². The van der Waals surface area contributed by atoms with Gasteiger partial charge < -0.3 is 19.9 Å². The molecule has 1 aliphatic heterocycles. The summed E-state index contributed by atoms with van der Waals surface area (Å²) in [5.41, 5.74) is 0.481. The number of thiazole rings is 1. The number of amides is 3. The number of aromatic nitrogens is 1. The fourth-order valence-electron chi connectivity index (χ4n) is 3.91. The molecule has 1 saturated carbocycles. The van der Waals surface area contributed by atoms with Crippen LogP contribution in [0.4, 0.5) is 5.13 Å². The van der Waals surface area contributed by atoms with Gasteiger partial charge in [-0.1, -0.05) is 29.7 Å². The van der Waals surface area contributed by atoms with E-state index >= 15 is 0 Å². The number of hydrogen-bond donors (Lipinski definition) is 1. The van der Waals surface area contributed by atoms with Crippen LogP contribution < -0.4 is 10.1 Å². The third-order valence-corrected chi connectivity index (χ3v) is 7.87. The fourth-order valence-corrected chi connectivity index (χ4v) is 5.81. The monoisotopic (exact) mass is 500 g/mol. The van der Waals surface area contributed by atoms with Crippen molar-refractivity contribution >= 4 is 46.0 Å². The van der Waals surface area contributed by atoms with Gasteiger partial charge in [0.1, 0.15) is 5.75 Å². The molecule has 0 radical (unpaired) electrons. The van der Waals surface area contributed by atoms with E-state index in [9.17, 15) is 14.4 Å². The maximum Gasteiger partial charge on any atom is 0.257 e. The summed E-state index contributed by atoms with van der Waals surface area (Å²) in [6, 6.07) is 5.41. The number of nitrogens with one attached hydrogen (secondary N) is 1. The molecule has 2 heterocycles. The Morgan fingerprint density at radius 3 is 2.79 bits per heavy atom. The predicted molar refractivity (Wildman–Crippen MR) is 132 cm³/mol. The highest BCUT2D eigenvalue weighted by atomic mass is 32.2. The SMILES string of the molecule is C=CC(=O)N1CCCN(C(=O)c2cc(Sc3cnc(NC(=O)C4CC4)s3)ccc2OC)CC1C. The second kappa shape index (κ2) is 10.6. The van der Waals surface area contributed by atoms with Crippen LogP contribution in [-0.4, -0.2) is 65.3 Å². The van der Waals surface area contributed by atoms with Crippen molar-refractivity contribution in [1.82, 2.24) is 14.8 Å². The van der Waals surface area contributed by atoms with Gasteiger partial charge >= 0.3 is 0 Å². The molecule has 1 atom stereocenters. The van der Waals surface area contributed by atoms with Gasteiger partial charge in [-0.25, -0.2) is 4.98 Å². The minimum Gasteiger partial charge on any atom is -0.496 e. The van der Waals surface area contributed by atoms with Crippen molar-refractivity contribution in [3.63, 3.8) is 0 Å². The molecule has 1 unspecified atom stereocenters. The van der Waals surface area contributed by atoms with Gasteiger partial charge in [0.2, 0.25) is 11.8 Å². The molecule has 4 rings (SSSR count). The van der Waals surface area contributed by atoms with Crippen LogP contribution in [0, 0.1) is 5.92 Å². The number of hydrogen-bond acceptors (Lipinski definition) is 7. The molecule has 8 nitrogen and oxygen atoms in total. The standard InChI is InChI=1S/C24H28N4O4S2/c1-4-20(29)28-11-5-10-27(14-15(28)2)23(31)18-12-17(8-9-19(18)32-3)33-21-13-25-24(34-21)26-22(30)16-6-7-16/h4,8-9,12-13,15-16H,1,5-7,10-11,14H2,2-3H3,(H,25,26,30). The molecular weight excluding hydrogens is 472 g/mol. The summed E-state index contributed by atoms with van der Waals surface area (Å²) in [5.74, 6) is 0.421. The van der Waals surface area contributed by atoms with Crippen molar-refractivity contribution in [3.8, 4) is 5.75 Å². The van der Waals surface area contributed by atoms with E-state index in [-0.39, 0.29) is 29.7 Å². The number of anilines is 1. The molecule has 1 N–H and O–H groups in total. The summed E-state index contributed by atoms with van der Waals surface area (Å²) in [6.45, 7) is 7.12. The Balaban J connectivity index is 1.48. The van der Waals surface area contributed by atoms with Crippen LogP contribution in [-0.2, 0) is 9.59 Å². The molecule has 34 heavy (non-hydrogen) atoms. The number of benzene rings is 1. The summed E-state index contributed by atoms with van der Waals surface area (Å²) >= 11 is 2.89. The van der Waals surface area contributed by atoms with E-state index in [0.29, 0.717) is 42.5 Å². The van der Waals surface area contributed by atoms with E-state index in [1.54, 1.807) is 29.2 Å². The number of carbonyl (C=O) groups excluding carboxylic acids is 3. The first-order valence-electron chi connectivity index (χ1n) is 11.2. The Morgan fingerprint density at radius 2 is 2.09 bits per heavy atom. The molecule has 10 heteroatoms. The van der Waals surface area contributed by atoms with Gasteiger partial charge in [0.25, 0.3) is 5.91 Å². The van der Waals surface area contributed by atoms with E-state index in [1.807, 2.05) is 19.1 Å². The summed E-state index contributed by atoms with van der Waals surface area (Å²) in [6.07, 6.45) is 5.63. The quantitative estimate of drug-likeness (QED) is 0.580. The molecule has 1 aromatic carbocycles. The van der Waals surface area contributed by atoms with Crippen molar-refractivity contribution in [3.05, 3.63) is 42.6 Å². The van der Waals surface area contributed by atoms with Crippen molar-refractivity contribution in [2.75, 3.05) is 32.1 Å². The zero-order valence-electron chi connectivity index (χ0n) is 19.3. The summed E-state index contributed by atoms with van der Waals surface area (Å²) in [7, 11) is 1.55. The van der Waals surface area contributed by atoms with Crippen LogP contribution in [0.1, 0.15) is 36.5 Å². The normalized spacial score (nSPS) is 18.2. The van der Waals surface area contributed by atoms with Gasteiger partial charge in [0, 0.05) is 36.5 Å². The Labute approximate surface area is 207 Å². The van der Waals surface area contributed by atoms with E-state index < -0.39 is 0 Å². The van der Waals surface area contributed by atoms with E-state index in [4.69, 9.17) is 4.74 Å². The predicted octanol–water partition coefficient (Wildman–Crippen LogP) is 3.90. The van der Waals surface area contributed by atoms with Crippen molar-refractivity contribution in [2.45, 2.75) is 41.3 Å². The van der Waals surface area contributed by atoms with Crippen molar-refractivity contribution in [1.29, 1.82) is 0 Å². The molecule has 180 valence electrons. The molecule has 1 aromatic heterocycles. The number of rotatable bonds is 7. The first-order valence-corrected chi connectivity index (χ1v) is 12.9. The minimum absolute atomic E-state index is 0.0308. The van der Waals surface area contributed by atoms with Crippen LogP contribution in [0.15, 0.2) is 46.2 Å². The average molecular weight is 501 g/mol. The zero-order valence-corrected chi connectivity index (χ0v) is 20.9.